The summed E-state index contributed by atoms with van der Waals surface area (Å²) >= 11 is 1.35. The Bertz CT molecular complexity index is 499. The Morgan fingerprint density at radius 3 is 2.56 bits per heavy atom. The van der Waals surface area contributed by atoms with Crippen LogP contribution in [0.5, 0.6) is 0 Å². The fourth-order valence-corrected chi connectivity index (χ4v) is 5.13. The SMILES string of the molecule is CC1=CNN(SS(=O)(=O)c2ccccc2)S1. The zero-order valence-electron chi connectivity index (χ0n) is 8.45. The molecule has 1 heterocycles. The van der Waals surface area contributed by atoms with Gasteiger partial charge in [-0.3, -0.25) is 0 Å². The summed E-state index contributed by atoms with van der Waals surface area (Å²) in [5.41, 5.74) is 2.85. The van der Waals surface area contributed by atoms with Crippen LogP contribution in [0.15, 0.2) is 46.3 Å². The lowest BCUT2D eigenvalue weighted by molar-refractivity contribution is 0.606. The highest BCUT2D eigenvalue weighted by Crippen LogP contribution is 2.35. The van der Waals surface area contributed by atoms with E-state index in [1.165, 1.54) is 15.8 Å². The van der Waals surface area contributed by atoms with Crippen LogP contribution in [0.25, 0.3) is 0 Å². The Kier molecular flexibility index (Phi) is 3.48. The standard InChI is InChI=1S/C9H10N2O2S3/c1-8-7-10-11(14-8)15-16(12,13)9-5-3-2-4-6-9/h2-7,10H,1H3. The van der Waals surface area contributed by atoms with Gasteiger partial charge in [-0.25, -0.2) is 8.42 Å². The summed E-state index contributed by atoms with van der Waals surface area (Å²) < 4.78 is 25.4. The smallest absolute Gasteiger partial charge is 0.246 e. The summed E-state index contributed by atoms with van der Waals surface area (Å²) in [5.74, 6) is 0. The zero-order chi connectivity index (χ0) is 11.6. The molecule has 0 radical (unpaired) electrons. The van der Waals surface area contributed by atoms with E-state index >= 15 is 0 Å². The molecular formula is C9H10N2O2S3. The minimum Gasteiger partial charge on any atom is -0.305 e. The lowest BCUT2D eigenvalue weighted by Crippen LogP contribution is -2.18. The molecule has 0 aliphatic carbocycles. The Morgan fingerprint density at radius 1 is 1.31 bits per heavy atom. The molecule has 0 saturated heterocycles. The van der Waals surface area contributed by atoms with Crippen molar-refractivity contribution in [1.29, 1.82) is 0 Å². The number of benzene rings is 1. The maximum absolute atomic E-state index is 11.9. The van der Waals surface area contributed by atoms with Gasteiger partial charge in [-0.15, -0.1) is 0 Å². The molecule has 86 valence electrons. The van der Waals surface area contributed by atoms with Crippen LogP contribution < -0.4 is 5.43 Å². The molecule has 0 saturated carbocycles. The van der Waals surface area contributed by atoms with E-state index in [4.69, 9.17) is 0 Å². The molecule has 0 fully saturated rings. The highest BCUT2D eigenvalue weighted by Gasteiger charge is 2.23. The largest absolute Gasteiger partial charge is 0.305 e. The van der Waals surface area contributed by atoms with Crippen LogP contribution in [0.1, 0.15) is 6.92 Å². The van der Waals surface area contributed by atoms with Crippen molar-refractivity contribution in [1.82, 2.24) is 9.25 Å². The van der Waals surface area contributed by atoms with Gasteiger partial charge in [0, 0.05) is 11.1 Å². The summed E-state index contributed by atoms with van der Waals surface area (Å²) in [4.78, 5) is 1.34. The zero-order valence-corrected chi connectivity index (χ0v) is 10.9. The number of nitrogens with one attached hydrogen (secondary N) is 1. The molecule has 0 amide bonds. The van der Waals surface area contributed by atoms with E-state index in [2.05, 4.69) is 5.43 Å². The highest BCUT2D eigenvalue weighted by molar-refractivity contribution is 8.72. The monoisotopic (exact) mass is 274 g/mol. The van der Waals surface area contributed by atoms with E-state index in [-0.39, 0.29) is 0 Å². The van der Waals surface area contributed by atoms with Crippen molar-refractivity contribution in [2.24, 2.45) is 0 Å². The maximum Gasteiger partial charge on any atom is 0.246 e. The first-order valence-corrected chi connectivity index (χ1v) is 8.03. The van der Waals surface area contributed by atoms with Crippen LogP contribution in [0.3, 0.4) is 0 Å². The van der Waals surface area contributed by atoms with Gasteiger partial charge in [0.25, 0.3) is 0 Å². The predicted molar refractivity (Wildman–Crippen MR) is 67.5 cm³/mol. The summed E-state index contributed by atoms with van der Waals surface area (Å²) in [6.45, 7) is 1.91. The van der Waals surface area contributed by atoms with E-state index in [0.29, 0.717) is 4.90 Å². The first-order chi connectivity index (χ1) is 7.58. The Labute approximate surface area is 103 Å². The average Bonchev–Trinajstić information content (AvgIpc) is 2.64. The Balaban J connectivity index is 2.10. The van der Waals surface area contributed by atoms with Crippen LogP contribution in [-0.2, 0) is 8.87 Å². The van der Waals surface area contributed by atoms with Gasteiger partial charge >= 0.3 is 0 Å². The summed E-state index contributed by atoms with van der Waals surface area (Å²) in [7, 11) is -2.57. The molecule has 0 unspecified atom stereocenters. The molecule has 1 aliphatic rings. The lowest BCUT2D eigenvalue weighted by Gasteiger charge is -2.12. The van der Waals surface area contributed by atoms with Crippen LogP contribution >= 0.6 is 22.9 Å². The molecule has 1 N–H and O–H groups in total. The Morgan fingerprint density at radius 2 is 2.00 bits per heavy atom. The van der Waals surface area contributed by atoms with Gasteiger partial charge < -0.3 is 5.43 Å². The normalized spacial score (nSPS) is 16.9. The van der Waals surface area contributed by atoms with Crippen molar-refractivity contribution in [3.63, 3.8) is 0 Å². The average molecular weight is 274 g/mol. The highest BCUT2D eigenvalue weighted by atomic mass is 33.1. The number of nitrogens with zero attached hydrogens (tertiary/aromatic N) is 1. The first-order valence-electron chi connectivity index (χ1n) is 4.49. The Hall–Kier alpha value is -0.630. The number of rotatable bonds is 3. The molecule has 0 atom stereocenters. The second kappa shape index (κ2) is 4.70. The minimum atomic E-state index is -3.34. The molecule has 16 heavy (non-hydrogen) atoms. The van der Waals surface area contributed by atoms with E-state index in [9.17, 15) is 8.42 Å². The molecule has 7 heteroatoms. The van der Waals surface area contributed by atoms with Crippen molar-refractivity contribution >= 4 is 31.8 Å². The molecule has 0 aromatic heterocycles. The van der Waals surface area contributed by atoms with Crippen molar-refractivity contribution < 1.29 is 8.42 Å². The third-order valence-corrected chi connectivity index (χ3v) is 6.11. The molecule has 0 spiro atoms. The minimum absolute atomic E-state index is 0.312. The number of hydrazine groups is 1. The number of hydrogen-bond acceptors (Lipinski definition) is 6. The third-order valence-electron chi connectivity index (χ3n) is 1.80. The van der Waals surface area contributed by atoms with Crippen LogP contribution in [0.4, 0.5) is 0 Å². The van der Waals surface area contributed by atoms with Gasteiger partial charge in [0.2, 0.25) is 8.87 Å². The molecular weight excluding hydrogens is 264 g/mol. The number of hydrogen-bond donors (Lipinski definition) is 1. The molecule has 4 nitrogen and oxygen atoms in total. The number of allylic oxidation sites excluding steroid dienone is 1. The molecule has 1 aromatic rings. The van der Waals surface area contributed by atoms with E-state index < -0.39 is 8.87 Å². The van der Waals surface area contributed by atoms with E-state index in [0.717, 1.165) is 15.9 Å². The van der Waals surface area contributed by atoms with Gasteiger partial charge in [0.15, 0.2) is 0 Å². The van der Waals surface area contributed by atoms with Gasteiger partial charge in [-0.2, -0.15) is 0 Å². The van der Waals surface area contributed by atoms with Crippen molar-refractivity contribution in [3.05, 3.63) is 41.4 Å². The van der Waals surface area contributed by atoms with E-state index in [1.807, 2.05) is 6.92 Å². The summed E-state index contributed by atoms with van der Waals surface area (Å²) in [6.07, 6.45) is 1.76. The maximum atomic E-state index is 11.9. The predicted octanol–water partition coefficient (Wildman–Crippen LogP) is 2.35. The van der Waals surface area contributed by atoms with Gasteiger partial charge in [0.05, 0.1) is 15.9 Å². The molecule has 1 aliphatic heterocycles. The van der Waals surface area contributed by atoms with Crippen LogP contribution in [0.2, 0.25) is 0 Å². The van der Waals surface area contributed by atoms with Gasteiger partial charge in [-0.1, -0.05) is 22.0 Å². The molecule has 1 aromatic carbocycles. The first kappa shape index (κ1) is 11.8. The van der Waals surface area contributed by atoms with Crippen molar-refractivity contribution in [2.45, 2.75) is 11.8 Å². The summed E-state index contributed by atoms with van der Waals surface area (Å²) in [6, 6.07) is 8.38. The fraction of sp³-hybridized carbons (Fsp3) is 0.111. The van der Waals surface area contributed by atoms with Crippen molar-refractivity contribution in [3.8, 4) is 0 Å². The van der Waals surface area contributed by atoms with E-state index in [1.54, 1.807) is 36.5 Å². The second-order valence-corrected chi connectivity index (χ2v) is 8.15. The van der Waals surface area contributed by atoms with Gasteiger partial charge in [-0.05, 0) is 31.0 Å². The summed E-state index contributed by atoms with van der Waals surface area (Å²) in [5, 5.41) is 0. The van der Waals surface area contributed by atoms with Gasteiger partial charge in [0.1, 0.15) is 0 Å². The topological polar surface area (TPSA) is 49.4 Å². The van der Waals surface area contributed by atoms with Crippen LogP contribution in [-0.4, -0.2) is 12.2 Å². The fourth-order valence-electron chi connectivity index (χ4n) is 1.08. The van der Waals surface area contributed by atoms with Crippen LogP contribution in [0, 0.1) is 0 Å². The molecule has 2 rings (SSSR count). The third kappa shape index (κ3) is 2.73. The lowest BCUT2D eigenvalue weighted by atomic mass is 10.4. The molecule has 0 bridgehead atoms. The van der Waals surface area contributed by atoms with Crippen molar-refractivity contribution in [2.75, 3.05) is 0 Å². The quantitative estimate of drug-likeness (QED) is 0.674. The second-order valence-electron chi connectivity index (χ2n) is 3.07.